The maximum atomic E-state index is 3.63. The van der Waals surface area contributed by atoms with E-state index in [-0.39, 0.29) is 0 Å². The molecular formula is C14H19N. The molecule has 80 valence electrons. The second-order valence-electron chi connectivity index (χ2n) is 5.54. The van der Waals surface area contributed by atoms with Crippen molar-refractivity contribution >= 4 is 0 Å². The molecule has 1 nitrogen and oxygen atoms in total. The van der Waals surface area contributed by atoms with Crippen LogP contribution in [0.1, 0.15) is 36.8 Å². The summed E-state index contributed by atoms with van der Waals surface area (Å²) < 4.78 is 0. The number of hydrogen-bond donors (Lipinski definition) is 1. The van der Waals surface area contributed by atoms with E-state index in [2.05, 4.69) is 36.5 Å². The van der Waals surface area contributed by atoms with E-state index in [9.17, 15) is 0 Å². The van der Waals surface area contributed by atoms with Crippen LogP contribution in [0.4, 0.5) is 0 Å². The molecule has 1 aromatic rings. The van der Waals surface area contributed by atoms with E-state index >= 15 is 0 Å². The average molecular weight is 201 g/mol. The van der Waals surface area contributed by atoms with Crippen LogP contribution in [0, 0.1) is 5.41 Å². The van der Waals surface area contributed by atoms with E-state index in [1.54, 1.807) is 11.1 Å². The van der Waals surface area contributed by atoms with Crippen LogP contribution < -0.4 is 5.32 Å². The molecule has 2 aliphatic rings. The van der Waals surface area contributed by atoms with Gasteiger partial charge in [-0.05, 0) is 35.8 Å². The molecule has 1 N–H and O–H groups in total. The van der Waals surface area contributed by atoms with Gasteiger partial charge in [0.05, 0.1) is 0 Å². The summed E-state index contributed by atoms with van der Waals surface area (Å²) in [7, 11) is 0. The molecule has 2 aliphatic carbocycles. The fourth-order valence-electron chi connectivity index (χ4n) is 2.48. The van der Waals surface area contributed by atoms with Crippen molar-refractivity contribution in [3.8, 4) is 0 Å². The van der Waals surface area contributed by atoms with Crippen LogP contribution in [-0.4, -0.2) is 13.1 Å². The fraction of sp³-hybridized carbons (Fsp3) is 0.571. The van der Waals surface area contributed by atoms with Crippen molar-refractivity contribution in [2.24, 2.45) is 5.41 Å². The van der Waals surface area contributed by atoms with Crippen molar-refractivity contribution in [3.63, 3.8) is 0 Å². The van der Waals surface area contributed by atoms with E-state index in [0.29, 0.717) is 5.41 Å². The Morgan fingerprint density at radius 1 is 1.33 bits per heavy atom. The Morgan fingerprint density at radius 2 is 2.13 bits per heavy atom. The third kappa shape index (κ3) is 1.81. The van der Waals surface area contributed by atoms with E-state index in [1.165, 1.54) is 32.4 Å². The molecule has 1 atom stereocenters. The molecule has 1 saturated carbocycles. The summed E-state index contributed by atoms with van der Waals surface area (Å²) in [6.07, 6.45) is 4.11. The lowest BCUT2D eigenvalue weighted by Gasteiger charge is -2.30. The van der Waals surface area contributed by atoms with Crippen LogP contribution in [0.3, 0.4) is 0 Å². The minimum atomic E-state index is 0.642. The first kappa shape index (κ1) is 9.41. The molecule has 1 fully saturated rings. The largest absolute Gasteiger partial charge is 0.316 e. The number of hydrogen-bond acceptors (Lipinski definition) is 1. The predicted molar refractivity (Wildman–Crippen MR) is 63.1 cm³/mol. The van der Waals surface area contributed by atoms with Gasteiger partial charge in [-0.3, -0.25) is 0 Å². The molecule has 1 unspecified atom stereocenters. The van der Waals surface area contributed by atoms with E-state index in [0.717, 1.165) is 5.92 Å². The van der Waals surface area contributed by atoms with Crippen LogP contribution in [0.15, 0.2) is 24.3 Å². The molecule has 1 aromatic carbocycles. The fourth-order valence-corrected chi connectivity index (χ4v) is 2.48. The van der Waals surface area contributed by atoms with Crippen LogP contribution in [0.2, 0.25) is 0 Å². The van der Waals surface area contributed by atoms with Gasteiger partial charge in [0.25, 0.3) is 0 Å². The van der Waals surface area contributed by atoms with E-state index in [4.69, 9.17) is 0 Å². The van der Waals surface area contributed by atoms with E-state index in [1.807, 2.05) is 0 Å². The number of nitrogens with one attached hydrogen (secondary N) is 1. The predicted octanol–water partition coefficient (Wildman–Crippen LogP) is 2.72. The van der Waals surface area contributed by atoms with Crippen LogP contribution in [0.5, 0.6) is 0 Å². The lowest BCUT2D eigenvalue weighted by Crippen LogP contribution is -2.32. The lowest BCUT2D eigenvalue weighted by atomic mass is 9.77. The summed E-state index contributed by atoms with van der Waals surface area (Å²) in [5, 5.41) is 3.63. The summed E-state index contributed by atoms with van der Waals surface area (Å²) in [5.74, 6) is 0.781. The van der Waals surface area contributed by atoms with Gasteiger partial charge < -0.3 is 5.32 Å². The monoisotopic (exact) mass is 201 g/mol. The van der Waals surface area contributed by atoms with Crippen molar-refractivity contribution < 1.29 is 0 Å². The summed E-state index contributed by atoms with van der Waals surface area (Å²) in [6, 6.07) is 8.85. The van der Waals surface area contributed by atoms with Gasteiger partial charge in [-0.1, -0.05) is 31.2 Å². The van der Waals surface area contributed by atoms with Crippen molar-refractivity contribution in [2.45, 2.75) is 32.1 Å². The third-order valence-corrected chi connectivity index (χ3v) is 4.01. The second-order valence-corrected chi connectivity index (χ2v) is 5.54. The molecule has 0 aliphatic heterocycles. The Hall–Kier alpha value is -0.820. The first-order chi connectivity index (χ1) is 7.27. The normalized spacial score (nSPS) is 25.5. The summed E-state index contributed by atoms with van der Waals surface area (Å²) >= 11 is 0. The number of benzene rings is 1. The van der Waals surface area contributed by atoms with Crippen LogP contribution >= 0.6 is 0 Å². The molecule has 0 amide bonds. The van der Waals surface area contributed by atoms with Gasteiger partial charge in [0.15, 0.2) is 0 Å². The quantitative estimate of drug-likeness (QED) is 0.790. The Bertz CT molecular complexity index is 365. The highest BCUT2D eigenvalue weighted by Gasteiger charge is 2.37. The van der Waals surface area contributed by atoms with Crippen molar-refractivity contribution in [3.05, 3.63) is 35.4 Å². The molecule has 0 saturated heterocycles. The summed E-state index contributed by atoms with van der Waals surface area (Å²) in [5.41, 5.74) is 3.77. The lowest BCUT2D eigenvalue weighted by molar-refractivity contribution is 0.461. The summed E-state index contributed by atoms with van der Waals surface area (Å²) in [6.45, 7) is 4.77. The Kier molecular flexibility index (Phi) is 2.10. The Labute approximate surface area is 91.9 Å². The zero-order chi connectivity index (χ0) is 10.3. The molecular weight excluding hydrogens is 182 g/mol. The first-order valence-corrected chi connectivity index (χ1v) is 6.05. The topological polar surface area (TPSA) is 12.0 Å². The third-order valence-electron chi connectivity index (χ3n) is 4.01. The molecule has 0 aromatic heterocycles. The number of rotatable bonds is 4. The van der Waals surface area contributed by atoms with Crippen molar-refractivity contribution in [2.75, 3.05) is 13.1 Å². The van der Waals surface area contributed by atoms with E-state index < -0.39 is 0 Å². The smallest absolute Gasteiger partial charge is 0.00236 e. The molecule has 0 heterocycles. The molecule has 15 heavy (non-hydrogen) atoms. The molecule has 3 rings (SSSR count). The minimum absolute atomic E-state index is 0.642. The molecule has 0 radical (unpaired) electrons. The average Bonchev–Trinajstić information content (AvgIpc) is 2.92. The Morgan fingerprint density at radius 3 is 2.87 bits per heavy atom. The first-order valence-electron chi connectivity index (χ1n) is 6.05. The SMILES string of the molecule is CC1(CNCC2Cc3ccccc32)CC1. The van der Waals surface area contributed by atoms with Gasteiger partial charge in [-0.2, -0.15) is 0 Å². The molecule has 1 heteroatoms. The molecule has 0 spiro atoms. The minimum Gasteiger partial charge on any atom is -0.316 e. The van der Waals surface area contributed by atoms with Gasteiger partial charge >= 0.3 is 0 Å². The molecule has 0 bridgehead atoms. The zero-order valence-electron chi connectivity index (χ0n) is 9.42. The Balaban J connectivity index is 1.50. The number of fused-ring (bicyclic) bond motifs is 1. The maximum absolute atomic E-state index is 3.63. The van der Waals surface area contributed by atoms with Gasteiger partial charge in [-0.15, -0.1) is 0 Å². The highest BCUT2D eigenvalue weighted by molar-refractivity contribution is 5.40. The van der Waals surface area contributed by atoms with Crippen LogP contribution in [-0.2, 0) is 6.42 Å². The van der Waals surface area contributed by atoms with Crippen molar-refractivity contribution in [1.29, 1.82) is 0 Å². The van der Waals surface area contributed by atoms with Gasteiger partial charge in [0.1, 0.15) is 0 Å². The highest BCUT2D eigenvalue weighted by atomic mass is 14.9. The van der Waals surface area contributed by atoms with Gasteiger partial charge in [0.2, 0.25) is 0 Å². The summed E-state index contributed by atoms with van der Waals surface area (Å²) in [4.78, 5) is 0. The van der Waals surface area contributed by atoms with Gasteiger partial charge in [-0.25, -0.2) is 0 Å². The van der Waals surface area contributed by atoms with Crippen LogP contribution in [0.25, 0.3) is 0 Å². The highest BCUT2D eigenvalue weighted by Crippen LogP contribution is 2.44. The van der Waals surface area contributed by atoms with Gasteiger partial charge in [0, 0.05) is 19.0 Å². The van der Waals surface area contributed by atoms with Crippen molar-refractivity contribution in [1.82, 2.24) is 5.32 Å². The second kappa shape index (κ2) is 3.34. The zero-order valence-corrected chi connectivity index (χ0v) is 9.42. The standard InChI is InChI=1S/C14H19N/c1-14(6-7-14)10-15-9-12-8-11-4-2-3-5-13(11)12/h2-5,12,15H,6-10H2,1H3. The maximum Gasteiger partial charge on any atom is 0.00236 e.